The van der Waals surface area contributed by atoms with Crippen molar-refractivity contribution in [1.82, 2.24) is 15.2 Å². The van der Waals surface area contributed by atoms with Crippen LogP contribution in [0.2, 0.25) is 0 Å². The molecule has 6 heteroatoms. The second kappa shape index (κ2) is 8.37. The molecule has 1 aromatic rings. The van der Waals surface area contributed by atoms with E-state index in [0.717, 1.165) is 38.4 Å². The van der Waals surface area contributed by atoms with Gasteiger partial charge < -0.3 is 15.8 Å². The summed E-state index contributed by atoms with van der Waals surface area (Å²) < 4.78 is 5.28. The van der Waals surface area contributed by atoms with Gasteiger partial charge in [-0.25, -0.2) is 4.98 Å². The number of ether oxygens (including phenoxy) is 1. The third-order valence-corrected chi connectivity index (χ3v) is 3.15. The molecule has 0 atom stereocenters. The van der Waals surface area contributed by atoms with Crippen LogP contribution in [0.1, 0.15) is 16.1 Å². The van der Waals surface area contributed by atoms with E-state index in [2.05, 4.69) is 27.0 Å². The lowest BCUT2D eigenvalue weighted by Crippen LogP contribution is -2.41. The molecule has 0 spiro atoms. The highest BCUT2D eigenvalue weighted by Crippen LogP contribution is 1.99. The summed E-state index contributed by atoms with van der Waals surface area (Å²) in [6, 6.07) is 3.44. The quantitative estimate of drug-likeness (QED) is 0.727. The summed E-state index contributed by atoms with van der Waals surface area (Å²) in [4.78, 5) is 18.3. The zero-order valence-corrected chi connectivity index (χ0v) is 12.0. The van der Waals surface area contributed by atoms with Crippen molar-refractivity contribution < 1.29 is 9.53 Å². The molecule has 1 aliphatic rings. The molecule has 1 fully saturated rings. The predicted octanol–water partition coefficient (Wildman–Crippen LogP) is -0.546. The van der Waals surface area contributed by atoms with Crippen LogP contribution in [0.5, 0.6) is 0 Å². The highest BCUT2D eigenvalue weighted by Gasteiger charge is 2.11. The van der Waals surface area contributed by atoms with Gasteiger partial charge in [-0.2, -0.15) is 0 Å². The molecule has 0 saturated carbocycles. The monoisotopic (exact) mass is 288 g/mol. The number of hydrogen-bond acceptors (Lipinski definition) is 5. The topological polar surface area (TPSA) is 80.5 Å². The first kappa shape index (κ1) is 15.4. The van der Waals surface area contributed by atoms with Crippen LogP contribution >= 0.6 is 0 Å². The second-order valence-corrected chi connectivity index (χ2v) is 4.65. The van der Waals surface area contributed by atoms with E-state index in [9.17, 15) is 4.79 Å². The van der Waals surface area contributed by atoms with Crippen LogP contribution in [0.3, 0.4) is 0 Å². The smallest absolute Gasteiger partial charge is 0.269 e. The summed E-state index contributed by atoms with van der Waals surface area (Å²) in [6.07, 6.45) is 1.58. The van der Waals surface area contributed by atoms with E-state index < -0.39 is 0 Å². The van der Waals surface area contributed by atoms with Gasteiger partial charge >= 0.3 is 0 Å². The molecule has 0 aliphatic carbocycles. The fraction of sp³-hybridized carbons (Fsp3) is 0.467. The summed E-state index contributed by atoms with van der Waals surface area (Å²) >= 11 is 0. The molecule has 6 nitrogen and oxygen atoms in total. The Kier molecular flexibility index (Phi) is 6.16. The first-order valence-electron chi connectivity index (χ1n) is 7.03. The average molecular weight is 288 g/mol. The van der Waals surface area contributed by atoms with Crippen LogP contribution in [0, 0.1) is 11.8 Å². The number of nitrogens with one attached hydrogen (secondary N) is 1. The second-order valence-electron chi connectivity index (χ2n) is 4.65. The fourth-order valence-electron chi connectivity index (χ4n) is 2.00. The number of nitrogens with zero attached hydrogens (tertiary/aromatic N) is 2. The number of carbonyl (C=O) groups excluding carboxylic acids is 1. The van der Waals surface area contributed by atoms with Gasteiger partial charge in [-0.05, 0) is 12.1 Å². The number of nitrogens with two attached hydrogens (primary N) is 1. The summed E-state index contributed by atoms with van der Waals surface area (Å²) in [6.45, 7) is 5.11. The summed E-state index contributed by atoms with van der Waals surface area (Å²) in [5, 5.41) is 2.87. The highest BCUT2D eigenvalue weighted by atomic mass is 16.5. The van der Waals surface area contributed by atoms with Gasteiger partial charge in [0.1, 0.15) is 5.69 Å². The van der Waals surface area contributed by atoms with Crippen molar-refractivity contribution in [2.45, 2.75) is 0 Å². The average Bonchev–Trinajstić information content (AvgIpc) is 2.54. The minimum Gasteiger partial charge on any atom is -0.379 e. The zero-order chi connectivity index (χ0) is 14.9. The molecular formula is C15H20N4O2. The Morgan fingerprint density at radius 2 is 2.24 bits per heavy atom. The Morgan fingerprint density at radius 3 is 2.90 bits per heavy atom. The lowest BCUT2D eigenvalue weighted by Gasteiger charge is -2.26. The number of rotatable bonds is 4. The molecule has 0 unspecified atom stereocenters. The molecule has 1 amide bonds. The number of morpholine rings is 1. The van der Waals surface area contributed by atoms with Crippen LogP contribution in [0.4, 0.5) is 0 Å². The summed E-state index contributed by atoms with van der Waals surface area (Å²) in [5.41, 5.74) is 6.45. The minimum absolute atomic E-state index is 0.165. The molecule has 1 aliphatic heterocycles. The van der Waals surface area contributed by atoms with E-state index in [4.69, 9.17) is 10.5 Å². The Bertz CT molecular complexity index is 513. The van der Waals surface area contributed by atoms with Gasteiger partial charge in [0.05, 0.1) is 19.8 Å². The Balaban J connectivity index is 1.77. The molecule has 21 heavy (non-hydrogen) atoms. The Hall–Kier alpha value is -1.94. The maximum absolute atomic E-state index is 11.9. The number of pyridine rings is 1. The van der Waals surface area contributed by atoms with E-state index in [0.29, 0.717) is 18.8 Å². The molecule has 2 heterocycles. The molecule has 1 aromatic heterocycles. The van der Waals surface area contributed by atoms with Crippen molar-refractivity contribution in [3.63, 3.8) is 0 Å². The first-order valence-corrected chi connectivity index (χ1v) is 7.03. The van der Waals surface area contributed by atoms with Gasteiger partial charge in [-0.15, -0.1) is 0 Å². The van der Waals surface area contributed by atoms with Crippen LogP contribution in [-0.4, -0.2) is 61.7 Å². The molecule has 1 saturated heterocycles. The number of aromatic nitrogens is 1. The van der Waals surface area contributed by atoms with Crippen molar-refractivity contribution in [3.8, 4) is 11.8 Å². The van der Waals surface area contributed by atoms with Gasteiger partial charge in [-0.1, -0.05) is 11.8 Å². The van der Waals surface area contributed by atoms with Crippen molar-refractivity contribution >= 4 is 5.91 Å². The van der Waals surface area contributed by atoms with E-state index in [1.807, 2.05) is 0 Å². The number of hydrogen-bond donors (Lipinski definition) is 2. The first-order chi connectivity index (χ1) is 10.3. The van der Waals surface area contributed by atoms with Crippen molar-refractivity contribution in [1.29, 1.82) is 0 Å². The molecule has 0 radical (unpaired) electrons. The Labute approximate surface area is 124 Å². The van der Waals surface area contributed by atoms with Gasteiger partial charge in [0.25, 0.3) is 5.91 Å². The van der Waals surface area contributed by atoms with E-state index >= 15 is 0 Å². The highest BCUT2D eigenvalue weighted by molar-refractivity contribution is 5.92. The molecule has 2 rings (SSSR count). The molecule has 112 valence electrons. The van der Waals surface area contributed by atoms with E-state index in [1.165, 1.54) is 0 Å². The van der Waals surface area contributed by atoms with Gasteiger partial charge in [-0.3, -0.25) is 9.69 Å². The largest absolute Gasteiger partial charge is 0.379 e. The molecular weight excluding hydrogens is 268 g/mol. The molecule has 3 N–H and O–H groups in total. The third-order valence-electron chi connectivity index (χ3n) is 3.15. The Morgan fingerprint density at radius 1 is 1.43 bits per heavy atom. The standard InChI is InChI=1S/C15H20N4O2/c16-5-1-2-13-3-4-14(18-12-13)15(20)17-6-7-19-8-10-21-11-9-19/h3-4,12H,5-11,16H2,(H,17,20). The van der Waals surface area contributed by atoms with E-state index in [1.54, 1.807) is 18.3 Å². The SMILES string of the molecule is NCC#Cc1ccc(C(=O)NCCN2CCOCC2)nc1. The maximum atomic E-state index is 11.9. The minimum atomic E-state index is -0.165. The predicted molar refractivity (Wildman–Crippen MR) is 79.8 cm³/mol. The van der Waals surface area contributed by atoms with Gasteiger partial charge in [0.2, 0.25) is 0 Å². The number of amides is 1. The van der Waals surface area contributed by atoms with Gasteiger partial charge in [0.15, 0.2) is 0 Å². The third kappa shape index (κ3) is 5.16. The van der Waals surface area contributed by atoms with Crippen LogP contribution in [-0.2, 0) is 4.74 Å². The maximum Gasteiger partial charge on any atom is 0.269 e. The van der Waals surface area contributed by atoms with Crippen LogP contribution < -0.4 is 11.1 Å². The fourth-order valence-corrected chi connectivity index (χ4v) is 2.00. The zero-order valence-electron chi connectivity index (χ0n) is 12.0. The van der Waals surface area contributed by atoms with Crippen LogP contribution in [0.25, 0.3) is 0 Å². The van der Waals surface area contributed by atoms with Crippen LogP contribution in [0.15, 0.2) is 18.3 Å². The van der Waals surface area contributed by atoms with E-state index in [-0.39, 0.29) is 5.91 Å². The molecule has 0 bridgehead atoms. The summed E-state index contributed by atoms with van der Waals surface area (Å²) in [5.74, 6) is 5.45. The van der Waals surface area contributed by atoms with Crippen molar-refractivity contribution in [2.24, 2.45) is 5.73 Å². The summed E-state index contributed by atoms with van der Waals surface area (Å²) in [7, 11) is 0. The lowest BCUT2D eigenvalue weighted by atomic mass is 10.2. The lowest BCUT2D eigenvalue weighted by molar-refractivity contribution is 0.0383. The van der Waals surface area contributed by atoms with Gasteiger partial charge in [0, 0.05) is 37.9 Å². The number of carbonyl (C=O) groups is 1. The van der Waals surface area contributed by atoms with Crippen molar-refractivity contribution in [2.75, 3.05) is 45.9 Å². The van der Waals surface area contributed by atoms with Crippen molar-refractivity contribution in [3.05, 3.63) is 29.6 Å². The molecule has 0 aromatic carbocycles. The normalized spacial score (nSPS) is 15.1.